The number of aliphatic hydroxyl groups excluding tert-OH is 1. The Labute approximate surface area is 128 Å². The summed E-state index contributed by atoms with van der Waals surface area (Å²) < 4.78 is 13.7. The Balaban J connectivity index is 1.47. The van der Waals surface area contributed by atoms with Crippen LogP contribution in [0.3, 0.4) is 0 Å². The number of urea groups is 1. The number of carbonyl (C=O) groups excluding carboxylic acids is 1. The number of halogens is 1. The summed E-state index contributed by atoms with van der Waals surface area (Å²) in [5, 5.41) is 14.9. The minimum absolute atomic E-state index is 0.0225. The van der Waals surface area contributed by atoms with Crippen LogP contribution in [-0.2, 0) is 0 Å². The Morgan fingerprint density at radius 3 is 3.05 bits per heavy atom. The maximum Gasteiger partial charge on any atom is 0.315 e. The highest BCUT2D eigenvalue weighted by molar-refractivity contribution is 5.74. The molecule has 1 aliphatic heterocycles. The van der Waals surface area contributed by atoms with E-state index in [9.17, 15) is 14.3 Å². The average molecular weight is 308 g/mol. The molecular weight excluding hydrogens is 287 g/mol. The van der Waals surface area contributed by atoms with Gasteiger partial charge in [0.15, 0.2) is 11.6 Å². The quantitative estimate of drug-likeness (QED) is 0.754. The molecule has 1 aromatic rings. The van der Waals surface area contributed by atoms with Gasteiger partial charge in [-0.25, -0.2) is 14.2 Å². The predicted molar refractivity (Wildman–Crippen MR) is 80.1 cm³/mol. The third-order valence-corrected chi connectivity index (χ3v) is 4.48. The number of hydrogen-bond acceptors (Lipinski definition) is 4. The van der Waals surface area contributed by atoms with Gasteiger partial charge in [-0.2, -0.15) is 0 Å². The Kier molecular flexibility index (Phi) is 4.15. The Bertz CT molecular complexity index is 550. The van der Waals surface area contributed by atoms with Crippen LogP contribution in [0, 0.1) is 11.2 Å². The van der Waals surface area contributed by atoms with E-state index in [-0.39, 0.29) is 29.9 Å². The fourth-order valence-electron chi connectivity index (χ4n) is 2.75. The molecule has 2 fully saturated rings. The Morgan fingerprint density at radius 1 is 1.55 bits per heavy atom. The molecule has 0 radical (unpaired) electrons. The molecule has 22 heavy (non-hydrogen) atoms. The number of aliphatic hydroxyl groups is 1. The van der Waals surface area contributed by atoms with Crippen molar-refractivity contribution in [1.29, 1.82) is 0 Å². The second-order valence-electron chi connectivity index (χ2n) is 6.23. The van der Waals surface area contributed by atoms with Crippen LogP contribution in [0.2, 0.25) is 0 Å². The van der Waals surface area contributed by atoms with Crippen LogP contribution in [0.1, 0.15) is 19.3 Å². The second kappa shape index (κ2) is 6.08. The summed E-state index contributed by atoms with van der Waals surface area (Å²) in [7, 11) is 0. The van der Waals surface area contributed by atoms with Crippen molar-refractivity contribution in [2.45, 2.75) is 25.3 Å². The number of amides is 2. The van der Waals surface area contributed by atoms with Crippen LogP contribution in [0.5, 0.6) is 0 Å². The minimum atomic E-state index is -0.341. The molecule has 1 atom stereocenters. The predicted octanol–water partition coefficient (Wildman–Crippen LogP) is 0.871. The molecule has 1 aliphatic carbocycles. The number of nitrogens with one attached hydrogen (secondary N) is 2. The van der Waals surface area contributed by atoms with Crippen LogP contribution < -0.4 is 15.5 Å². The number of aromatic nitrogens is 1. The number of rotatable bonds is 5. The first kappa shape index (κ1) is 15.0. The van der Waals surface area contributed by atoms with E-state index in [2.05, 4.69) is 15.6 Å². The van der Waals surface area contributed by atoms with Crippen LogP contribution in [0.4, 0.5) is 15.0 Å². The fourth-order valence-corrected chi connectivity index (χ4v) is 2.75. The van der Waals surface area contributed by atoms with Gasteiger partial charge in [-0.3, -0.25) is 0 Å². The zero-order valence-corrected chi connectivity index (χ0v) is 12.4. The molecular formula is C15H21FN4O2. The highest BCUT2D eigenvalue weighted by Crippen LogP contribution is 2.44. The van der Waals surface area contributed by atoms with Gasteiger partial charge in [-0.05, 0) is 31.4 Å². The van der Waals surface area contributed by atoms with Crippen molar-refractivity contribution < 1.29 is 14.3 Å². The Hall–Kier alpha value is -1.89. The van der Waals surface area contributed by atoms with Crippen molar-refractivity contribution in [3.8, 4) is 0 Å². The summed E-state index contributed by atoms with van der Waals surface area (Å²) in [5.41, 5.74) is -0.101. The number of anilines is 1. The monoisotopic (exact) mass is 308 g/mol. The average Bonchev–Trinajstić information content (AvgIpc) is 3.17. The molecule has 0 spiro atoms. The van der Waals surface area contributed by atoms with E-state index in [1.54, 1.807) is 12.3 Å². The molecule has 1 saturated carbocycles. The SMILES string of the molecule is O=C(NCC1(CO)CC1)NC1CCN(c2ncccc2F)C1. The molecule has 3 rings (SSSR count). The van der Waals surface area contributed by atoms with Crippen LogP contribution in [-0.4, -0.2) is 48.4 Å². The molecule has 1 unspecified atom stereocenters. The molecule has 0 aromatic carbocycles. The van der Waals surface area contributed by atoms with Gasteiger partial charge in [0.05, 0.1) is 6.61 Å². The maximum atomic E-state index is 13.7. The van der Waals surface area contributed by atoms with Crippen molar-refractivity contribution in [2.75, 3.05) is 31.1 Å². The van der Waals surface area contributed by atoms with Gasteiger partial charge in [0.25, 0.3) is 0 Å². The lowest BCUT2D eigenvalue weighted by atomic mass is 10.1. The van der Waals surface area contributed by atoms with E-state index in [0.717, 1.165) is 19.3 Å². The van der Waals surface area contributed by atoms with E-state index in [1.807, 2.05) is 4.90 Å². The van der Waals surface area contributed by atoms with Crippen molar-refractivity contribution in [1.82, 2.24) is 15.6 Å². The highest BCUT2D eigenvalue weighted by atomic mass is 19.1. The summed E-state index contributed by atoms with van der Waals surface area (Å²) in [4.78, 5) is 17.8. The maximum absolute atomic E-state index is 13.7. The normalized spacial score (nSPS) is 22.5. The zero-order chi connectivity index (χ0) is 15.6. The van der Waals surface area contributed by atoms with Gasteiger partial charge in [0.1, 0.15) is 0 Å². The van der Waals surface area contributed by atoms with Crippen molar-refractivity contribution >= 4 is 11.8 Å². The van der Waals surface area contributed by atoms with E-state index < -0.39 is 0 Å². The first-order chi connectivity index (χ1) is 10.6. The molecule has 3 N–H and O–H groups in total. The molecule has 0 bridgehead atoms. The van der Waals surface area contributed by atoms with Crippen LogP contribution >= 0.6 is 0 Å². The van der Waals surface area contributed by atoms with Gasteiger partial charge < -0.3 is 20.6 Å². The first-order valence-electron chi connectivity index (χ1n) is 7.63. The smallest absolute Gasteiger partial charge is 0.315 e. The van der Waals surface area contributed by atoms with Gasteiger partial charge >= 0.3 is 6.03 Å². The molecule has 7 heteroatoms. The van der Waals surface area contributed by atoms with Crippen molar-refractivity contribution in [3.63, 3.8) is 0 Å². The third kappa shape index (κ3) is 3.30. The lowest BCUT2D eigenvalue weighted by Gasteiger charge is -2.19. The number of pyridine rings is 1. The first-order valence-corrected chi connectivity index (χ1v) is 7.63. The summed E-state index contributed by atoms with van der Waals surface area (Å²) in [5.74, 6) is -0.00403. The lowest BCUT2D eigenvalue weighted by Crippen LogP contribution is -2.45. The van der Waals surface area contributed by atoms with E-state index in [1.165, 1.54) is 6.07 Å². The zero-order valence-electron chi connectivity index (χ0n) is 12.4. The third-order valence-electron chi connectivity index (χ3n) is 4.48. The molecule has 6 nitrogen and oxygen atoms in total. The standard InChI is InChI=1S/C15H21FN4O2/c16-12-2-1-6-17-13(12)20-7-3-11(8-20)19-14(22)18-9-15(10-21)4-5-15/h1-2,6,11,21H,3-5,7-10H2,(H2,18,19,22). The van der Waals surface area contributed by atoms with Gasteiger partial charge in [0.2, 0.25) is 0 Å². The van der Waals surface area contributed by atoms with E-state index in [4.69, 9.17) is 0 Å². The van der Waals surface area contributed by atoms with Crippen molar-refractivity contribution in [2.24, 2.45) is 5.41 Å². The summed E-state index contributed by atoms with van der Waals surface area (Å²) in [6.07, 6.45) is 4.24. The molecule has 1 aromatic heterocycles. The van der Waals surface area contributed by atoms with Crippen LogP contribution in [0.25, 0.3) is 0 Å². The fraction of sp³-hybridized carbons (Fsp3) is 0.600. The second-order valence-corrected chi connectivity index (χ2v) is 6.23. The molecule has 1 saturated heterocycles. The number of nitrogens with zero attached hydrogens (tertiary/aromatic N) is 2. The highest BCUT2D eigenvalue weighted by Gasteiger charge is 2.42. The van der Waals surface area contributed by atoms with Crippen LogP contribution in [0.15, 0.2) is 18.3 Å². The van der Waals surface area contributed by atoms with Gasteiger partial charge in [-0.15, -0.1) is 0 Å². The van der Waals surface area contributed by atoms with E-state index in [0.29, 0.717) is 25.5 Å². The number of hydrogen-bond donors (Lipinski definition) is 3. The summed E-state index contributed by atoms with van der Waals surface area (Å²) >= 11 is 0. The van der Waals surface area contributed by atoms with Crippen molar-refractivity contribution in [3.05, 3.63) is 24.1 Å². The molecule has 2 aliphatic rings. The molecule has 120 valence electrons. The Morgan fingerprint density at radius 2 is 2.36 bits per heavy atom. The topological polar surface area (TPSA) is 77.5 Å². The largest absolute Gasteiger partial charge is 0.396 e. The number of carbonyl (C=O) groups is 1. The van der Waals surface area contributed by atoms with E-state index >= 15 is 0 Å². The summed E-state index contributed by atoms with van der Waals surface area (Å²) in [6.45, 7) is 1.83. The molecule has 2 heterocycles. The summed E-state index contributed by atoms with van der Waals surface area (Å²) in [6, 6.07) is 2.70. The van der Waals surface area contributed by atoms with Gasteiger partial charge in [0, 0.05) is 37.3 Å². The minimum Gasteiger partial charge on any atom is -0.396 e. The lowest BCUT2D eigenvalue weighted by molar-refractivity contribution is 0.202. The molecule has 2 amide bonds. The van der Waals surface area contributed by atoms with Gasteiger partial charge in [-0.1, -0.05) is 0 Å².